The first-order valence-electron chi connectivity index (χ1n) is 10.6. The summed E-state index contributed by atoms with van der Waals surface area (Å²) in [6.07, 6.45) is 4.35. The SMILES string of the molecule is O=C(c1ccsc1)N(CC1CCN(Cc2ccccc2F)CC1)C[C@H]1CCCO1. The first-order chi connectivity index (χ1) is 14.2. The third-order valence-electron chi connectivity index (χ3n) is 6.04. The molecule has 156 valence electrons. The van der Waals surface area contributed by atoms with E-state index in [2.05, 4.69) is 4.90 Å². The topological polar surface area (TPSA) is 32.8 Å². The van der Waals surface area contributed by atoms with Gasteiger partial charge in [0.15, 0.2) is 0 Å². The molecule has 1 atom stereocenters. The van der Waals surface area contributed by atoms with E-state index < -0.39 is 0 Å². The van der Waals surface area contributed by atoms with Crippen molar-refractivity contribution >= 4 is 17.2 Å². The van der Waals surface area contributed by atoms with Crippen molar-refractivity contribution < 1.29 is 13.9 Å². The lowest BCUT2D eigenvalue weighted by Crippen LogP contribution is -2.43. The molecular formula is C23H29FN2O2S. The van der Waals surface area contributed by atoms with E-state index in [4.69, 9.17) is 4.74 Å². The molecule has 0 saturated carbocycles. The van der Waals surface area contributed by atoms with Gasteiger partial charge in [-0.2, -0.15) is 11.3 Å². The number of rotatable bonds is 7. The van der Waals surface area contributed by atoms with Crippen LogP contribution >= 0.6 is 11.3 Å². The van der Waals surface area contributed by atoms with Crippen molar-refractivity contribution in [2.45, 2.75) is 38.3 Å². The van der Waals surface area contributed by atoms with Crippen LogP contribution in [0.25, 0.3) is 0 Å². The summed E-state index contributed by atoms with van der Waals surface area (Å²) in [7, 11) is 0. The van der Waals surface area contributed by atoms with Crippen LogP contribution in [0.5, 0.6) is 0 Å². The quantitative estimate of drug-likeness (QED) is 0.670. The van der Waals surface area contributed by atoms with Gasteiger partial charge in [-0.25, -0.2) is 4.39 Å². The van der Waals surface area contributed by atoms with Gasteiger partial charge in [0.1, 0.15) is 5.82 Å². The summed E-state index contributed by atoms with van der Waals surface area (Å²) in [5.74, 6) is 0.477. The van der Waals surface area contributed by atoms with Crippen molar-refractivity contribution in [2.24, 2.45) is 5.92 Å². The summed E-state index contributed by atoms with van der Waals surface area (Å²) in [4.78, 5) is 17.4. The number of hydrogen-bond acceptors (Lipinski definition) is 4. The number of amides is 1. The standard InChI is InChI=1S/C23H29FN2O2S/c24-22-6-2-1-4-19(22)15-25-10-7-18(8-11-25)14-26(16-21-5-3-12-28-21)23(27)20-9-13-29-17-20/h1-2,4,6,9,13,17-18,21H,3,5,7-8,10-12,14-16H2/t21-/m1/s1. The Labute approximate surface area is 176 Å². The summed E-state index contributed by atoms with van der Waals surface area (Å²) >= 11 is 1.56. The van der Waals surface area contributed by atoms with Gasteiger partial charge in [0.2, 0.25) is 0 Å². The molecule has 2 aromatic rings. The van der Waals surface area contributed by atoms with Gasteiger partial charge in [-0.3, -0.25) is 9.69 Å². The molecular weight excluding hydrogens is 387 g/mol. The Kier molecular flexibility index (Phi) is 6.95. The van der Waals surface area contributed by atoms with Gasteiger partial charge in [0, 0.05) is 37.2 Å². The molecule has 4 nitrogen and oxygen atoms in total. The molecule has 1 aromatic carbocycles. The highest BCUT2D eigenvalue weighted by Gasteiger charge is 2.28. The fourth-order valence-electron chi connectivity index (χ4n) is 4.35. The van der Waals surface area contributed by atoms with Crippen LogP contribution in [0.15, 0.2) is 41.1 Å². The largest absolute Gasteiger partial charge is 0.376 e. The van der Waals surface area contributed by atoms with Gasteiger partial charge in [0.05, 0.1) is 11.7 Å². The van der Waals surface area contributed by atoms with Crippen LogP contribution in [0.1, 0.15) is 41.6 Å². The Hall–Kier alpha value is -1.76. The summed E-state index contributed by atoms with van der Waals surface area (Å²) in [5.41, 5.74) is 1.54. The highest BCUT2D eigenvalue weighted by Crippen LogP contribution is 2.23. The lowest BCUT2D eigenvalue weighted by Gasteiger charge is -2.35. The number of thiophene rings is 1. The first kappa shape index (κ1) is 20.5. The van der Waals surface area contributed by atoms with E-state index in [1.165, 1.54) is 6.07 Å². The number of nitrogens with zero attached hydrogens (tertiary/aromatic N) is 2. The normalized spacial score (nSPS) is 20.8. The minimum absolute atomic E-state index is 0.121. The Bertz CT molecular complexity index is 784. The second kappa shape index (κ2) is 9.83. The van der Waals surface area contributed by atoms with Crippen LogP contribution in [0.4, 0.5) is 4.39 Å². The molecule has 2 saturated heterocycles. The van der Waals surface area contributed by atoms with Crippen molar-refractivity contribution in [1.29, 1.82) is 0 Å². The zero-order chi connectivity index (χ0) is 20.1. The van der Waals surface area contributed by atoms with Gasteiger partial charge >= 0.3 is 0 Å². The molecule has 29 heavy (non-hydrogen) atoms. The second-order valence-electron chi connectivity index (χ2n) is 8.17. The van der Waals surface area contributed by atoms with E-state index in [1.807, 2.05) is 33.9 Å². The van der Waals surface area contributed by atoms with Crippen molar-refractivity contribution in [3.8, 4) is 0 Å². The molecule has 3 heterocycles. The lowest BCUT2D eigenvalue weighted by molar-refractivity contribution is 0.0445. The number of carbonyl (C=O) groups is 1. The van der Waals surface area contributed by atoms with Crippen molar-refractivity contribution in [3.63, 3.8) is 0 Å². The molecule has 0 bridgehead atoms. The van der Waals surface area contributed by atoms with Crippen LogP contribution in [0.2, 0.25) is 0 Å². The van der Waals surface area contributed by atoms with E-state index in [9.17, 15) is 9.18 Å². The minimum Gasteiger partial charge on any atom is -0.376 e. The molecule has 2 aliphatic rings. The highest BCUT2D eigenvalue weighted by molar-refractivity contribution is 7.08. The second-order valence-corrected chi connectivity index (χ2v) is 8.95. The van der Waals surface area contributed by atoms with Crippen LogP contribution in [0, 0.1) is 11.7 Å². The number of likely N-dealkylation sites (tertiary alicyclic amines) is 1. The van der Waals surface area contributed by atoms with Gasteiger partial charge < -0.3 is 9.64 Å². The van der Waals surface area contributed by atoms with E-state index in [-0.39, 0.29) is 17.8 Å². The maximum absolute atomic E-state index is 13.9. The number of benzene rings is 1. The fourth-order valence-corrected chi connectivity index (χ4v) is 4.98. The maximum Gasteiger partial charge on any atom is 0.254 e. The Balaban J connectivity index is 1.33. The molecule has 6 heteroatoms. The number of piperidine rings is 1. The first-order valence-corrected chi connectivity index (χ1v) is 11.5. The average Bonchev–Trinajstić information content (AvgIpc) is 3.44. The Morgan fingerprint density at radius 1 is 1.17 bits per heavy atom. The van der Waals surface area contributed by atoms with Crippen LogP contribution in [-0.2, 0) is 11.3 Å². The van der Waals surface area contributed by atoms with E-state index in [0.717, 1.165) is 63.1 Å². The predicted octanol–water partition coefficient (Wildman–Crippen LogP) is 4.42. The molecule has 0 spiro atoms. The molecule has 0 unspecified atom stereocenters. The van der Waals surface area contributed by atoms with E-state index in [1.54, 1.807) is 17.4 Å². The predicted molar refractivity (Wildman–Crippen MR) is 114 cm³/mol. The van der Waals surface area contributed by atoms with Gasteiger partial charge in [-0.15, -0.1) is 0 Å². The Morgan fingerprint density at radius 3 is 2.69 bits per heavy atom. The van der Waals surface area contributed by atoms with Gasteiger partial charge in [-0.1, -0.05) is 18.2 Å². The molecule has 4 rings (SSSR count). The van der Waals surface area contributed by atoms with E-state index >= 15 is 0 Å². The summed E-state index contributed by atoms with van der Waals surface area (Å²) in [5, 5.41) is 3.89. The smallest absolute Gasteiger partial charge is 0.254 e. The minimum atomic E-state index is -0.126. The molecule has 0 aliphatic carbocycles. The summed E-state index contributed by atoms with van der Waals surface area (Å²) < 4.78 is 19.7. The number of ether oxygens (including phenoxy) is 1. The average molecular weight is 417 g/mol. The zero-order valence-corrected chi connectivity index (χ0v) is 17.6. The van der Waals surface area contributed by atoms with E-state index in [0.29, 0.717) is 19.0 Å². The van der Waals surface area contributed by atoms with Crippen molar-refractivity contribution in [2.75, 3.05) is 32.8 Å². The van der Waals surface area contributed by atoms with Crippen LogP contribution < -0.4 is 0 Å². The zero-order valence-electron chi connectivity index (χ0n) is 16.8. The highest BCUT2D eigenvalue weighted by atomic mass is 32.1. The fraction of sp³-hybridized carbons (Fsp3) is 0.522. The van der Waals surface area contributed by atoms with Gasteiger partial charge in [0.25, 0.3) is 5.91 Å². The molecule has 2 fully saturated rings. The van der Waals surface area contributed by atoms with Crippen molar-refractivity contribution in [1.82, 2.24) is 9.80 Å². The molecule has 2 aliphatic heterocycles. The van der Waals surface area contributed by atoms with Crippen molar-refractivity contribution in [3.05, 3.63) is 58.0 Å². The molecule has 1 amide bonds. The third-order valence-corrected chi connectivity index (χ3v) is 6.72. The summed E-state index contributed by atoms with van der Waals surface area (Å²) in [6.45, 7) is 4.82. The van der Waals surface area contributed by atoms with Crippen LogP contribution in [-0.4, -0.2) is 54.6 Å². The Morgan fingerprint density at radius 2 is 2.00 bits per heavy atom. The molecule has 1 aromatic heterocycles. The number of halogens is 1. The summed E-state index contributed by atoms with van der Waals surface area (Å²) in [6, 6.07) is 8.93. The number of carbonyl (C=O) groups excluding carboxylic acids is 1. The monoisotopic (exact) mass is 416 g/mol. The lowest BCUT2D eigenvalue weighted by atomic mass is 9.95. The van der Waals surface area contributed by atoms with Crippen LogP contribution in [0.3, 0.4) is 0 Å². The maximum atomic E-state index is 13.9. The molecule has 0 radical (unpaired) electrons. The number of hydrogen-bond donors (Lipinski definition) is 0. The third kappa shape index (κ3) is 5.44. The molecule has 0 N–H and O–H groups in total. The van der Waals surface area contributed by atoms with Gasteiger partial charge in [-0.05, 0) is 62.2 Å².